The van der Waals surface area contributed by atoms with Gasteiger partial charge in [0.2, 0.25) is 0 Å². The molecule has 0 aliphatic carbocycles. The summed E-state index contributed by atoms with van der Waals surface area (Å²) in [5.74, 6) is 0. The van der Waals surface area contributed by atoms with E-state index >= 15 is 0 Å². The maximum absolute atomic E-state index is 2.83. The van der Waals surface area contributed by atoms with Gasteiger partial charge in [-0.3, -0.25) is 0 Å². The SMILES string of the molecule is CCCCCCCC(C)(C)CC(CC(C)(C)C)N1CCCCC1. The molecule has 0 aromatic carbocycles. The van der Waals surface area contributed by atoms with E-state index in [2.05, 4.69) is 46.4 Å². The Kier molecular flexibility index (Phi) is 9.19. The van der Waals surface area contributed by atoms with Crippen molar-refractivity contribution in [2.24, 2.45) is 10.8 Å². The first-order valence-corrected chi connectivity index (χ1v) is 10.5. The normalized spacial score (nSPS) is 19.0. The summed E-state index contributed by atoms with van der Waals surface area (Å²) in [6.45, 7) is 17.3. The van der Waals surface area contributed by atoms with Crippen molar-refractivity contribution in [3.05, 3.63) is 0 Å². The molecule has 1 rings (SSSR count). The Labute approximate surface area is 147 Å². The van der Waals surface area contributed by atoms with Crippen molar-refractivity contribution in [2.45, 2.75) is 118 Å². The third-order valence-electron chi connectivity index (χ3n) is 5.50. The lowest BCUT2D eigenvalue weighted by molar-refractivity contribution is 0.0838. The third-order valence-corrected chi connectivity index (χ3v) is 5.50. The molecule has 1 aliphatic rings. The highest BCUT2D eigenvalue weighted by molar-refractivity contribution is 4.85. The van der Waals surface area contributed by atoms with Gasteiger partial charge in [-0.25, -0.2) is 0 Å². The first-order chi connectivity index (χ1) is 10.7. The summed E-state index contributed by atoms with van der Waals surface area (Å²) in [4.78, 5) is 2.83. The van der Waals surface area contributed by atoms with Crippen LogP contribution in [0.15, 0.2) is 0 Å². The fourth-order valence-corrected chi connectivity index (χ4v) is 4.27. The topological polar surface area (TPSA) is 3.24 Å². The van der Waals surface area contributed by atoms with Crippen LogP contribution in [0, 0.1) is 10.8 Å². The van der Waals surface area contributed by atoms with Gasteiger partial charge in [0.05, 0.1) is 0 Å². The first-order valence-electron chi connectivity index (χ1n) is 10.5. The monoisotopic (exact) mass is 323 g/mol. The van der Waals surface area contributed by atoms with Crippen molar-refractivity contribution in [3.8, 4) is 0 Å². The molecule has 1 nitrogen and oxygen atoms in total. The molecule has 1 aliphatic heterocycles. The number of likely N-dealkylation sites (tertiary alicyclic amines) is 1. The second-order valence-corrected chi connectivity index (χ2v) is 10.0. The van der Waals surface area contributed by atoms with Crippen molar-refractivity contribution >= 4 is 0 Å². The van der Waals surface area contributed by atoms with Crippen LogP contribution in [0.4, 0.5) is 0 Å². The summed E-state index contributed by atoms with van der Waals surface area (Å²) in [6.07, 6.45) is 15.5. The Balaban J connectivity index is 2.52. The molecule has 0 saturated carbocycles. The average molecular weight is 324 g/mol. The van der Waals surface area contributed by atoms with E-state index in [1.165, 1.54) is 83.7 Å². The minimum Gasteiger partial charge on any atom is -0.300 e. The van der Waals surface area contributed by atoms with Crippen LogP contribution in [-0.4, -0.2) is 24.0 Å². The van der Waals surface area contributed by atoms with Gasteiger partial charge < -0.3 is 4.90 Å². The number of rotatable bonds is 10. The van der Waals surface area contributed by atoms with E-state index in [-0.39, 0.29) is 0 Å². The standard InChI is InChI=1S/C22H45N/c1-7-8-9-10-12-15-22(5,6)19-20(18-21(2,3)4)23-16-13-11-14-17-23/h20H,7-19H2,1-6H3. The summed E-state index contributed by atoms with van der Waals surface area (Å²) < 4.78 is 0. The lowest BCUT2D eigenvalue weighted by Crippen LogP contribution is -2.43. The van der Waals surface area contributed by atoms with Crippen LogP contribution in [-0.2, 0) is 0 Å². The van der Waals surface area contributed by atoms with E-state index in [1.54, 1.807) is 0 Å². The van der Waals surface area contributed by atoms with Gasteiger partial charge in [-0.2, -0.15) is 0 Å². The zero-order valence-corrected chi connectivity index (χ0v) is 17.2. The fraction of sp³-hybridized carbons (Fsp3) is 1.00. The molecule has 1 heteroatoms. The van der Waals surface area contributed by atoms with Crippen LogP contribution in [0.2, 0.25) is 0 Å². The molecule has 23 heavy (non-hydrogen) atoms. The molecule has 1 saturated heterocycles. The zero-order chi connectivity index (χ0) is 17.3. The van der Waals surface area contributed by atoms with Crippen molar-refractivity contribution in [1.82, 2.24) is 4.90 Å². The summed E-state index contributed by atoms with van der Waals surface area (Å²) in [7, 11) is 0. The lowest BCUT2D eigenvalue weighted by Gasteiger charge is -2.41. The van der Waals surface area contributed by atoms with Crippen LogP contribution in [0.25, 0.3) is 0 Å². The third kappa shape index (κ3) is 9.75. The predicted molar refractivity (Wildman–Crippen MR) is 105 cm³/mol. The molecule has 1 heterocycles. The molecule has 1 fully saturated rings. The van der Waals surface area contributed by atoms with Gasteiger partial charge in [0.25, 0.3) is 0 Å². The highest BCUT2D eigenvalue weighted by Crippen LogP contribution is 2.36. The van der Waals surface area contributed by atoms with Crippen molar-refractivity contribution < 1.29 is 0 Å². The van der Waals surface area contributed by atoms with E-state index < -0.39 is 0 Å². The maximum Gasteiger partial charge on any atom is 0.0105 e. The van der Waals surface area contributed by atoms with Crippen LogP contribution < -0.4 is 0 Å². The number of unbranched alkanes of at least 4 members (excludes halogenated alkanes) is 4. The molecule has 0 amide bonds. The van der Waals surface area contributed by atoms with Crippen LogP contribution >= 0.6 is 0 Å². The largest absolute Gasteiger partial charge is 0.300 e. The summed E-state index contributed by atoms with van der Waals surface area (Å²) in [5, 5.41) is 0. The Morgan fingerprint density at radius 3 is 1.96 bits per heavy atom. The van der Waals surface area contributed by atoms with Gasteiger partial charge in [-0.05, 0) is 56.0 Å². The van der Waals surface area contributed by atoms with Crippen molar-refractivity contribution in [1.29, 1.82) is 0 Å². The Bertz CT molecular complexity index is 294. The Hall–Kier alpha value is -0.0400. The molecule has 1 unspecified atom stereocenters. The first kappa shape index (κ1) is 21.0. The summed E-state index contributed by atoms with van der Waals surface area (Å²) in [6, 6.07) is 0.793. The minimum atomic E-state index is 0.444. The van der Waals surface area contributed by atoms with Gasteiger partial charge in [0.15, 0.2) is 0 Å². The molecule has 0 bridgehead atoms. The summed E-state index contributed by atoms with van der Waals surface area (Å²) >= 11 is 0. The van der Waals surface area contributed by atoms with Crippen LogP contribution in [0.5, 0.6) is 0 Å². The molecule has 0 radical (unpaired) electrons. The van der Waals surface area contributed by atoms with Crippen molar-refractivity contribution in [3.63, 3.8) is 0 Å². The smallest absolute Gasteiger partial charge is 0.0105 e. The molecule has 0 spiro atoms. The number of piperidine rings is 1. The predicted octanol–water partition coefficient (Wildman–Crippen LogP) is 7.05. The van der Waals surface area contributed by atoms with Crippen LogP contribution in [0.3, 0.4) is 0 Å². The number of nitrogens with zero attached hydrogens (tertiary/aromatic N) is 1. The Morgan fingerprint density at radius 2 is 1.39 bits per heavy atom. The van der Waals surface area contributed by atoms with E-state index in [1.807, 2.05) is 0 Å². The number of hydrogen-bond acceptors (Lipinski definition) is 1. The van der Waals surface area contributed by atoms with E-state index in [0.717, 1.165) is 6.04 Å². The second-order valence-electron chi connectivity index (χ2n) is 10.0. The van der Waals surface area contributed by atoms with Crippen molar-refractivity contribution in [2.75, 3.05) is 13.1 Å². The molecule has 0 aromatic rings. The van der Waals surface area contributed by atoms with Gasteiger partial charge in [0, 0.05) is 6.04 Å². The molecule has 0 aromatic heterocycles. The highest BCUT2D eigenvalue weighted by atomic mass is 15.2. The molecule has 138 valence electrons. The molecular formula is C22H45N. The van der Waals surface area contributed by atoms with E-state index in [4.69, 9.17) is 0 Å². The quantitative estimate of drug-likeness (QED) is 0.389. The molecular weight excluding hydrogens is 278 g/mol. The fourth-order valence-electron chi connectivity index (χ4n) is 4.27. The summed E-state index contributed by atoms with van der Waals surface area (Å²) in [5.41, 5.74) is 0.943. The average Bonchev–Trinajstić information content (AvgIpc) is 2.45. The molecule has 1 atom stereocenters. The number of hydrogen-bond donors (Lipinski definition) is 0. The Morgan fingerprint density at radius 1 is 0.783 bits per heavy atom. The van der Waals surface area contributed by atoms with Gasteiger partial charge in [-0.15, -0.1) is 0 Å². The van der Waals surface area contributed by atoms with Gasteiger partial charge in [0.1, 0.15) is 0 Å². The minimum absolute atomic E-state index is 0.444. The second kappa shape index (κ2) is 10.1. The van der Waals surface area contributed by atoms with E-state index in [9.17, 15) is 0 Å². The van der Waals surface area contributed by atoms with Crippen LogP contribution in [0.1, 0.15) is 112 Å². The zero-order valence-electron chi connectivity index (χ0n) is 17.2. The van der Waals surface area contributed by atoms with E-state index in [0.29, 0.717) is 10.8 Å². The molecule has 0 N–H and O–H groups in total. The van der Waals surface area contributed by atoms with Gasteiger partial charge in [-0.1, -0.05) is 80.1 Å². The lowest BCUT2D eigenvalue weighted by atomic mass is 9.76. The maximum atomic E-state index is 2.83. The highest BCUT2D eigenvalue weighted by Gasteiger charge is 2.30. The van der Waals surface area contributed by atoms with Gasteiger partial charge >= 0.3 is 0 Å².